The van der Waals surface area contributed by atoms with Crippen LogP contribution in [-0.2, 0) is 0 Å². The third-order valence-electron chi connectivity index (χ3n) is 3.70. The first-order valence-corrected chi connectivity index (χ1v) is 9.03. The van der Waals surface area contributed by atoms with Gasteiger partial charge in [-0.2, -0.15) is 0 Å². The lowest BCUT2D eigenvalue weighted by Crippen LogP contribution is -2.14. The first kappa shape index (κ1) is 19.1. The Balaban J connectivity index is 2.00. The van der Waals surface area contributed by atoms with Gasteiger partial charge in [0.1, 0.15) is 5.60 Å². The lowest BCUT2D eigenvalue weighted by atomic mass is 10.0. The molecule has 3 aromatic rings. The molecule has 0 amide bonds. The fourth-order valence-corrected chi connectivity index (χ4v) is 2.40. The fraction of sp³-hybridized carbons (Fsp3) is 0.111. The number of aliphatic hydroxyl groups is 1. The monoisotopic (exact) mass is 360 g/mol. The molecule has 1 heteroatoms. The Hall–Kier alpha value is -3.70. The summed E-state index contributed by atoms with van der Waals surface area (Å²) in [5.41, 5.74) is 3.30. The molecular formula is C27H20O. The van der Waals surface area contributed by atoms with Crippen molar-refractivity contribution in [3.63, 3.8) is 0 Å². The highest BCUT2D eigenvalue weighted by molar-refractivity contribution is 5.54. The van der Waals surface area contributed by atoms with Crippen molar-refractivity contribution >= 4 is 0 Å². The van der Waals surface area contributed by atoms with E-state index >= 15 is 0 Å². The van der Waals surface area contributed by atoms with Gasteiger partial charge in [0.25, 0.3) is 0 Å². The average Bonchev–Trinajstić information content (AvgIpc) is 2.70. The molecule has 0 bridgehead atoms. The molecule has 0 aliphatic carbocycles. The molecule has 0 saturated heterocycles. The highest BCUT2D eigenvalue weighted by Crippen LogP contribution is 2.10. The van der Waals surface area contributed by atoms with Gasteiger partial charge < -0.3 is 5.11 Å². The molecule has 0 atom stereocenters. The Morgan fingerprint density at radius 1 is 0.536 bits per heavy atom. The molecule has 0 aromatic heterocycles. The minimum atomic E-state index is -1.05. The Bertz CT molecular complexity index is 1060. The van der Waals surface area contributed by atoms with Crippen molar-refractivity contribution in [1.29, 1.82) is 0 Å². The van der Waals surface area contributed by atoms with Crippen LogP contribution >= 0.6 is 0 Å². The van der Waals surface area contributed by atoms with E-state index in [0.717, 1.165) is 27.8 Å². The molecule has 0 aliphatic heterocycles. The van der Waals surface area contributed by atoms with Crippen molar-refractivity contribution < 1.29 is 5.11 Å². The minimum Gasteiger partial charge on any atom is -0.378 e. The molecule has 0 fully saturated rings. The van der Waals surface area contributed by atoms with E-state index in [-0.39, 0.29) is 0 Å². The second-order valence-electron chi connectivity index (χ2n) is 6.84. The molecule has 0 aliphatic rings. The molecule has 134 valence electrons. The number of hydrogen-bond donors (Lipinski definition) is 1. The van der Waals surface area contributed by atoms with Crippen molar-refractivity contribution in [2.75, 3.05) is 0 Å². The Morgan fingerprint density at radius 2 is 0.893 bits per heavy atom. The summed E-state index contributed by atoms with van der Waals surface area (Å²) in [5, 5.41) is 9.89. The van der Waals surface area contributed by atoms with E-state index in [4.69, 9.17) is 0 Å². The second kappa shape index (κ2) is 8.79. The quantitative estimate of drug-likeness (QED) is 0.581. The maximum absolute atomic E-state index is 9.89. The maximum atomic E-state index is 9.89. The van der Waals surface area contributed by atoms with Gasteiger partial charge >= 0.3 is 0 Å². The number of hydrogen-bond acceptors (Lipinski definition) is 1. The van der Waals surface area contributed by atoms with Gasteiger partial charge in [0.2, 0.25) is 0 Å². The Kier molecular flexibility index (Phi) is 5.99. The van der Waals surface area contributed by atoms with E-state index < -0.39 is 5.60 Å². The normalized spacial score (nSPS) is 9.82. The lowest BCUT2D eigenvalue weighted by Gasteiger charge is -2.06. The van der Waals surface area contributed by atoms with Gasteiger partial charge in [0, 0.05) is 27.8 Å². The van der Waals surface area contributed by atoms with Gasteiger partial charge in [-0.1, -0.05) is 71.9 Å². The van der Waals surface area contributed by atoms with E-state index in [1.54, 1.807) is 13.8 Å². The maximum Gasteiger partial charge on any atom is 0.120 e. The second-order valence-corrected chi connectivity index (χ2v) is 6.84. The largest absolute Gasteiger partial charge is 0.378 e. The standard InChI is InChI=1S/C27H20O/c1-27(2,28)18-17-26-20-24(15-13-22-9-5-3-6-10-22)19-25(21-26)16-14-23-11-7-4-8-12-23/h3-12,19-21,28H,1-2H3. The van der Waals surface area contributed by atoms with E-state index in [1.165, 1.54) is 0 Å². The third-order valence-corrected chi connectivity index (χ3v) is 3.70. The van der Waals surface area contributed by atoms with Crippen molar-refractivity contribution in [2.45, 2.75) is 19.4 Å². The Labute approximate surface area is 167 Å². The van der Waals surface area contributed by atoms with Gasteiger partial charge in [0.15, 0.2) is 0 Å². The van der Waals surface area contributed by atoms with Gasteiger partial charge in [-0.25, -0.2) is 0 Å². The Morgan fingerprint density at radius 3 is 1.29 bits per heavy atom. The van der Waals surface area contributed by atoms with E-state index in [9.17, 15) is 5.11 Å². The van der Waals surface area contributed by atoms with Crippen LogP contribution in [0.15, 0.2) is 78.9 Å². The van der Waals surface area contributed by atoms with Crippen LogP contribution in [0.3, 0.4) is 0 Å². The minimum absolute atomic E-state index is 0.777. The van der Waals surface area contributed by atoms with Crippen LogP contribution in [-0.4, -0.2) is 10.7 Å². The van der Waals surface area contributed by atoms with Crippen LogP contribution in [0.1, 0.15) is 41.7 Å². The summed E-state index contributed by atoms with van der Waals surface area (Å²) in [6.45, 7) is 3.32. The van der Waals surface area contributed by atoms with Crippen molar-refractivity contribution in [3.05, 3.63) is 107 Å². The molecule has 1 N–H and O–H groups in total. The molecule has 0 radical (unpaired) electrons. The lowest BCUT2D eigenvalue weighted by molar-refractivity contribution is 0.143. The first-order chi connectivity index (χ1) is 13.5. The summed E-state index contributed by atoms with van der Waals surface area (Å²) >= 11 is 0. The zero-order valence-electron chi connectivity index (χ0n) is 16.0. The molecule has 0 spiro atoms. The molecule has 0 heterocycles. The van der Waals surface area contributed by atoms with Crippen LogP contribution in [0, 0.1) is 35.5 Å². The SMILES string of the molecule is CC(C)(O)C#Cc1cc(C#Cc2ccccc2)cc(C#Cc2ccccc2)c1. The first-order valence-electron chi connectivity index (χ1n) is 9.03. The summed E-state index contributed by atoms with van der Waals surface area (Å²) in [6.07, 6.45) is 0. The topological polar surface area (TPSA) is 20.2 Å². The van der Waals surface area contributed by atoms with Crippen LogP contribution in [0.4, 0.5) is 0 Å². The smallest absolute Gasteiger partial charge is 0.120 e. The van der Waals surface area contributed by atoms with Crippen LogP contribution < -0.4 is 0 Å². The van der Waals surface area contributed by atoms with Gasteiger partial charge in [-0.15, -0.1) is 0 Å². The number of rotatable bonds is 0. The highest BCUT2D eigenvalue weighted by Gasteiger charge is 2.06. The molecule has 3 aromatic carbocycles. The van der Waals surface area contributed by atoms with Crippen LogP contribution in [0.2, 0.25) is 0 Å². The summed E-state index contributed by atoms with van der Waals surface area (Å²) < 4.78 is 0. The van der Waals surface area contributed by atoms with E-state index in [2.05, 4.69) is 35.5 Å². The fourth-order valence-electron chi connectivity index (χ4n) is 2.40. The molecular weight excluding hydrogens is 340 g/mol. The van der Waals surface area contributed by atoms with Crippen molar-refractivity contribution in [3.8, 4) is 35.5 Å². The molecule has 0 unspecified atom stereocenters. The predicted octanol–water partition coefficient (Wildman–Crippen LogP) is 4.61. The van der Waals surface area contributed by atoms with Crippen molar-refractivity contribution in [1.82, 2.24) is 0 Å². The van der Waals surface area contributed by atoms with Gasteiger partial charge in [-0.05, 0) is 56.3 Å². The molecule has 3 rings (SSSR count). The van der Waals surface area contributed by atoms with Crippen LogP contribution in [0.25, 0.3) is 0 Å². The number of benzene rings is 3. The van der Waals surface area contributed by atoms with Gasteiger partial charge in [0.05, 0.1) is 0 Å². The van der Waals surface area contributed by atoms with E-state index in [0.29, 0.717) is 0 Å². The zero-order valence-corrected chi connectivity index (χ0v) is 16.0. The van der Waals surface area contributed by atoms with Crippen LogP contribution in [0.5, 0.6) is 0 Å². The molecule has 1 nitrogen and oxygen atoms in total. The average molecular weight is 360 g/mol. The van der Waals surface area contributed by atoms with Gasteiger partial charge in [-0.3, -0.25) is 0 Å². The third kappa shape index (κ3) is 6.23. The zero-order chi connectivity index (χ0) is 19.8. The van der Waals surface area contributed by atoms with E-state index in [1.807, 2.05) is 78.9 Å². The summed E-state index contributed by atoms with van der Waals surface area (Å²) in [4.78, 5) is 0. The summed E-state index contributed by atoms with van der Waals surface area (Å²) in [5.74, 6) is 18.6. The summed E-state index contributed by atoms with van der Waals surface area (Å²) in [6, 6.07) is 25.5. The van der Waals surface area contributed by atoms with Crippen molar-refractivity contribution in [2.24, 2.45) is 0 Å². The molecule has 0 saturated carbocycles. The molecule has 28 heavy (non-hydrogen) atoms. The predicted molar refractivity (Wildman–Crippen MR) is 114 cm³/mol. The summed E-state index contributed by atoms with van der Waals surface area (Å²) in [7, 11) is 0. The highest BCUT2D eigenvalue weighted by atomic mass is 16.3.